The molecule has 1 atom stereocenters. The van der Waals surface area contributed by atoms with E-state index in [1.54, 1.807) is 25.1 Å². The minimum Gasteiger partial charge on any atom is -0.451 e. The average Bonchev–Trinajstić information content (AvgIpc) is 2.89. The number of para-hydroxylation sites is 1. The van der Waals surface area contributed by atoms with Gasteiger partial charge >= 0.3 is 5.97 Å². The Balaban J connectivity index is 1.84. The summed E-state index contributed by atoms with van der Waals surface area (Å²) in [5, 5.41) is 1.27. The topological polar surface area (TPSA) is 59.2 Å². The molecule has 0 saturated carbocycles. The van der Waals surface area contributed by atoms with Crippen LogP contribution in [0.25, 0.3) is 10.9 Å². The van der Waals surface area contributed by atoms with Crippen LogP contribution in [0.4, 0.5) is 0 Å². The monoisotopic (exact) mass is 341 g/mol. The number of carbonyl (C=O) groups is 2. The molecule has 1 heterocycles. The number of ether oxygens (including phenoxy) is 1. The zero-order valence-corrected chi connectivity index (χ0v) is 14.1. The van der Waals surface area contributed by atoms with Crippen LogP contribution in [0.1, 0.15) is 33.3 Å². The number of H-pyrrole nitrogens is 1. The summed E-state index contributed by atoms with van der Waals surface area (Å²) in [6.45, 7) is 3.41. The van der Waals surface area contributed by atoms with Gasteiger partial charge in [-0.25, -0.2) is 4.79 Å². The number of nitrogens with one attached hydrogen (secondary N) is 1. The molecule has 0 aliphatic rings. The van der Waals surface area contributed by atoms with Crippen molar-refractivity contribution in [2.45, 2.75) is 20.0 Å². The molecule has 0 spiro atoms. The third-order valence-electron chi connectivity index (χ3n) is 3.85. The zero-order chi connectivity index (χ0) is 17.3. The van der Waals surface area contributed by atoms with Gasteiger partial charge in [0.15, 0.2) is 6.10 Å². The van der Waals surface area contributed by atoms with Crippen LogP contribution < -0.4 is 0 Å². The lowest BCUT2D eigenvalue weighted by Gasteiger charge is -2.12. The maximum Gasteiger partial charge on any atom is 0.338 e. The lowest BCUT2D eigenvalue weighted by molar-refractivity contribution is 0.0319. The van der Waals surface area contributed by atoms with E-state index in [0.717, 1.165) is 16.6 Å². The zero-order valence-electron chi connectivity index (χ0n) is 13.3. The summed E-state index contributed by atoms with van der Waals surface area (Å²) in [5.74, 6) is -0.809. The van der Waals surface area contributed by atoms with E-state index >= 15 is 0 Å². The van der Waals surface area contributed by atoms with E-state index in [4.69, 9.17) is 16.3 Å². The number of aromatic amines is 1. The van der Waals surface area contributed by atoms with Crippen molar-refractivity contribution in [1.82, 2.24) is 4.98 Å². The molecule has 2 aromatic carbocycles. The maximum atomic E-state index is 12.8. The number of aryl methyl sites for hydroxylation is 1. The molecule has 4 nitrogen and oxygen atoms in total. The van der Waals surface area contributed by atoms with Crippen LogP contribution in [-0.4, -0.2) is 22.8 Å². The minimum absolute atomic E-state index is 0.236. The predicted octanol–water partition coefficient (Wildman–Crippen LogP) is 4.56. The first kappa shape index (κ1) is 16.3. The SMILES string of the molecule is Cc1[nH]c2ccccc2c1C(=O)[C@H](C)OC(=O)c1cccc(Cl)c1. The number of rotatable bonds is 4. The van der Waals surface area contributed by atoms with Crippen molar-refractivity contribution in [3.63, 3.8) is 0 Å². The number of ketones is 1. The van der Waals surface area contributed by atoms with Crippen molar-refractivity contribution in [2.24, 2.45) is 0 Å². The summed E-state index contributed by atoms with van der Waals surface area (Å²) in [7, 11) is 0. The van der Waals surface area contributed by atoms with Gasteiger partial charge in [-0.05, 0) is 38.1 Å². The van der Waals surface area contributed by atoms with Gasteiger partial charge in [0.1, 0.15) is 0 Å². The number of halogens is 1. The smallest absolute Gasteiger partial charge is 0.338 e. The van der Waals surface area contributed by atoms with Crippen LogP contribution in [0.15, 0.2) is 48.5 Å². The molecule has 5 heteroatoms. The van der Waals surface area contributed by atoms with Crippen molar-refractivity contribution in [2.75, 3.05) is 0 Å². The van der Waals surface area contributed by atoms with Crippen LogP contribution in [0.3, 0.4) is 0 Å². The lowest BCUT2D eigenvalue weighted by atomic mass is 10.0. The van der Waals surface area contributed by atoms with Gasteiger partial charge in [0, 0.05) is 27.2 Å². The number of hydrogen-bond donors (Lipinski definition) is 1. The molecule has 0 radical (unpaired) electrons. The average molecular weight is 342 g/mol. The Bertz CT molecular complexity index is 929. The Kier molecular flexibility index (Phi) is 4.40. The van der Waals surface area contributed by atoms with Gasteiger partial charge in [-0.3, -0.25) is 4.79 Å². The summed E-state index contributed by atoms with van der Waals surface area (Å²) in [5.41, 5.74) is 2.51. The van der Waals surface area contributed by atoms with E-state index in [2.05, 4.69) is 4.98 Å². The van der Waals surface area contributed by atoms with E-state index in [0.29, 0.717) is 16.1 Å². The number of aromatic nitrogens is 1. The van der Waals surface area contributed by atoms with Gasteiger partial charge in [-0.1, -0.05) is 35.9 Å². The van der Waals surface area contributed by atoms with Crippen LogP contribution in [0.5, 0.6) is 0 Å². The Hall–Kier alpha value is -2.59. The molecule has 0 unspecified atom stereocenters. The number of benzene rings is 2. The molecule has 1 N–H and O–H groups in total. The van der Waals surface area contributed by atoms with E-state index in [9.17, 15) is 9.59 Å². The van der Waals surface area contributed by atoms with Gasteiger partial charge in [-0.2, -0.15) is 0 Å². The quantitative estimate of drug-likeness (QED) is 0.559. The molecule has 0 amide bonds. The second-order valence-electron chi connectivity index (χ2n) is 5.59. The van der Waals surface area contributed by atoms with Crippen LogP contribution in [0, 0.1) is 6.92 Å². The Morgan fingerprint density at radius 2 is 1.88 bits per heavy atom. The maximum absolute atomic E-state index is 12.8. The summed E-state index contributed by atoms with van der Waals surface area (Å²) in [4.78, 5) is 28.1. The van der Waals surface area contributed by atoms with Gasteiger partial charge in [-0.15, -0.1) is 0 Å². The number of Topliss-reactive ketones (excluding diaryl/α,β-unsaturated/α-hetero) is 1. The third-order valence-corrected chi connectivity index (χ3v) is 4.09. The number of hydrogen-bond acceptors (Lipinski definition) is 3. The van der Waals surface area contributed by atoms with Crippen LogP contribution in [0.2, 0.25) is 5.02 Å². The van der Waals surface area contributed by atoms with E-state index < -0.39 is 12.1 Å². The molecule has 122 valence electrons. The molecular weight excluding hydrogens is 326 g/mol. The first-order valence-electron chi connectivity index (χ1n) is 7.55. The van der Waals surface area contributed by atoms with E-state index in [1.807, 2.05) is 31.2 Å². The molecule has 0 aliphatic carbocycles. The van der Waals surface area contributed by atoms with Crippen molar-refractivity contribution >= 4 is 34.3 Å². The molecule has 1 aromatic heterocycles. The second-order valence-corrected chi connectivity index (χ2v) is 6.03. The molecule has 0 bridgehead atoms. The Labute approximate surface area is 144 Å². The molecular formula is C19H16ClNO3. The van der Waals surface area contributed by atoms with E-state index in [-0.39, 0.29) is 5.78 Å². The van der Waals surface area contributed by atoms with Crippen molar-refractivity contribution in [3.05, 3.63) is 70.4 Å². The first-order valence-corrected chi connectivity index (χ1v) is 7.93. The fourth-order valence-corrected chi connectivity index (χ4v) is 2.89. The summed E-state index contributed by atoms with van der Waals surface area (Å²) >= 11 is 5.88. The van der Waals surface area contributed by atoms with Crippen molar-refractivity contribution in [1.29, 1.82) is 0 Å². The highest BCUT2D eigenvalue weighted by Crippen LogP contribution is 2.24. The minimum atomic E-state index is -0.894. The van der Waals surface area contributed by atoms with Crippen LogP contribution in [-0.2, 0) is 4.74 Å². The molecule has 0 saturated heterocycles. The first-order chi connectivity index (χ1) is 11.5. The second kappa shape index (κ2) is 6.49. The lowest BCUT2D eigenvalue weighted by Crippen LogP contribution is -2.24. The summed E-state index contributed by atoms with van der Waals surface area (Å²) in [6, 6.07) is 14.0. The molecule has 3 rings (SSSR count). The van der Waals surface area contributed by atoms with Gasteiger partial charge in [0.05, 0.1) is 5.56 Å². The highest BCUT2D eigenvalue weighted by molar-refractivity contribution is 6.30. The summed E-state index contributed by atoms with van der Waals surface area (Å²) in [6.07, 6.45) is -0.894. The Morgan fingerprint density at radius 3 is 2.62 bits per heavy atom. The normalized spacial score (nSPS) is 12.1. The van der Waals surface area contributed by atoms with Crippen molar-refractivity contribution in [3.8, 4) is 0 Å². The largest absolute Gasteiger partial charge is 0.451 e. The highest BCUT2D eigenvalue weighted by atomic mass is 35.5. The standard InChI is InChI=1S/C19H16ClNO3/c1-11-17(15-8-3-4-9-16(15)21-11)18(22)12(2)24-19(23)13-6-5-7-14(20)10-13/h3-10,12,21H,1-2H3/t12-/m0/s1. The van der Waals surface area contributed by atoms with Gasteiger partial charge in [0.2, 0.25) is 5.78 Å². The molecule has 3 aromatic rings. The Morgan fingerprint density at radius 1 is 1.12 bits per heavy atom. The summed E-state index contributed by atoms with van der Waals surface area (Å²) < 4.78 is 5.32. The predicted molar refractivity (Wildman–Crippen MR) is 93.7 cm³/mol. The van der Waals surface area contributed by atoms with Crippen LogP contribution >= 0.6 is 11.6 Å². The molecule has 24 heavy (non-hydrogen) atoms. The van der Waals surface area contributed by atoms with E-state index in [1.165, 1.54) is 6.07 Å². The third kappa shape index (κ3) is 3.05. The number of fused-ring (bicyclic) bond motifs is 1. The number of carbonyl (C=O) groups excluding carboxylic acids is 2. The number of esters is 1. The molecule has 0 fully saturated rings. The molecule has 0 aliphatic heterocycles. The fourth-order valence-electron chi connectivity index (χ4n) is 2.69. The van der Waals surface area contributed by atoms with Crippen molar-refractivity contribution < 1.29 is 14.3 Å². The fraction of sp³-hybridized carbons (Fsp3) is 0.158. The van der Waals surface area contributed by atoms with Gasteiger partial charge < -0.3 is 9.72 Å². The van der Waals surface area contributed by atoms with Gasteiger partial charge in [0.25, 0.3) is 0 Å². The highest BCUT2D eigenvalue weighted by Gasteiger charge is 2.24.